The van der Waals surface area contributed by atoms with Crippen LogP contribution in [0.25, 0.3) is 5.69 Å². The number of hydrogen-bond donors (Lipinski definition) is 2. The summed E-state index contributed by atoms with van der Waals surface area (Å²) in [5.41, 5.74) is 6.26. The number of benzene rings is 2. The Morgan fingerprint density at radius 2 is 1.63 bits per heavy atom. The first-order valence-corrected chi connectivity index (χ1v) is 12.7. The molecule has 0 aliphatic rings. The van der Waals surface area contributed by atoms with Gasteiger partial charge in [-0.1, -0.05) is 0 Å². The van der Waals surface area contributed by atoms with E-state index in [1.165, 1.54) is 33.4 Å². The van der Waals surface area contributed by atoms with Gasteiger partial charge < -0.3 is 33.0 Å². The number of carboxylic acids is 1. The summed E-state index contributed by atoms with van der Waals surface area (Å²) in [5.74, 6) is 0.139. The maximum atomic E-state index is 12.5. The molecule has 0 fully saturated rings. The van der Waals surface area contributed by atoms with E-state index >= 15 is 0 Å². The van der Waals surface area contributed by atoms with Crippen LogP contribution in [-0.4, -0.2) is 48.1 Å². The normalized spacial score (nSPS) is 11.7. The number of carboxylic acid groups (broad SMARTS) is 1. The highest BCUT2D eigenvalue weighted by Gasteiger charge is 2.20. The maximum Gasteiger partial charge on any atom is 0.344 e. The molecule has 1 atom stereocenters. The maximum absolute atomic E-state index is 12.5. The van der Waals surface area contributed by atoms with E-state index in [2.05, 4.69) is 41.1 Å². The molecule has 4 rings (SSSR count). The minimum absolute atomic E-state index is 0.0659. The van der Waals surface area contributed by atoms with Crippen molar-refractivity contribution in [3.63, 3.8) is 0 Å². The van der Waals surface area contributed by atoms with E-state index in [9.17, 15) is 9.59 Å². The number of hydrazone groups is 1. The molecular weight excluding hydrogens is 530 g/mol. The van der Waals surface area contributed by atoms with E-state index in [0.29, 0.717) is 17.1 Å². The highest BCUT2D eigenvalue weighted by molar-refractivity contribution is 5.92. The van der Waals surface area contributed by atoms with E-state index in [1.807, 2.05) is 24.3 Å². The van der Waals surface area contributed by atoms with Crippen molar-refractivity contribution in [3.05, 3.63) is 89.1 Å². The number of aromatic nitrogens is 1. The van der Waals surface area contributed by atoms with Gasteiger partial charge >= 0.3 is 11.9 Å². The van der Waals surface area contributed by atoms with E-state index in [0.717, 1.165) is 17.1 Å². The van der Waals surface area contributed by atoms with Crippen molar-refractivity contribution < 1.29 is 38.1 Å². The second-order valence-electron chi connectivity index (χ2n) is 9.05. The monoisotopic (exact) mass is 561 g/mol. The van der Waals surface area contributed by atoms with Gasteiger partial charge in [0, 0.05) is 22.6 Å². The SMILES string of the molecule is COc1cc(/C=N/NC(=O)c2ccc(COc3ccc(-n4c(C)ccc4C)cc3)o2)cc(OC)c1O[C@@H](C)C(=O)O. The Morgan fingerprint density at radius 3 is 2.22 bits per heavy atom. The summed E-state index contributed by atoms with van der Waals surface area (Å²) in [6, 6.07) is 18.2. The number of amides is 1. The number of aliphatic carboxylic acids is 1. The van der Waals surface area contributed by atoms with Crippen molar-refractivity contribution in [2.24, 2.45) is 5.10 Å². The van der Waals surface area contributed by atoms with Crippen molar-refractivity contribution in [2.45, 2.75) is 33.5 Å². The lowest BCUT2D eigenvalue weighted by Crippen LogP contribution is -2.23. The second-order valence-corrected chi connectivity index (χ2v) is 9.05. The standard InChI is InChI=1S/C30H31N3O8/c1-18-6-7-19(2)33(18)22-8-10-23(11-9-22)39-17-24-12-13-25(41-24)29(34)32-31-16-21-14-26(37-4)28(27(15-21)38-5)40-20(3)30(35)36/h6-16,20H,17H2,1-5H3,(H,32,34)(H,35,36)/b31-16+/t20-/m0/s1. The molecule has 2 heterocycles. The lowest BCUT2D eigenvalue weighted by Gasteiger charge is -2.17. The van der Waals surface area contributed by atoms with Crippen LogP contribution in [0.2, 0.25) is 0 Å². The zero-order valence-corrected chi connectivity index (χ0v) is 23.3. The predicted octanol–water partition coefficient (Wildman–Crippen LogP) is 4.90. The van der Waals surface area contributed by atoms with Crippen LogP contribution in [0.5, 0.6) is 23.0 Å². The molecule has 2 aromatic carbocycles. The summed E-state index contributed by atoms with van der Waals surface area (Å²) < 4.78 is 29.7. The average Bonchev–Trinajstić information content (AvgIpc) is 3.58. The van der Waals surface area contributed by atoms with Crippen LogP contribution < -0.4 is 24.4 Å². The van der Waals surface area contributed by atoms with Gasteiger partial charge in [-0.05, 0) is 81.4 Å². The van der Waals surface area contributed by atoms with Gasteiger partial charge in [-0.3, -0.25) is 4.79 Å². The van der Waals surface area contributed by atoms with Gasteiger partial charge in [-0.25, -0.2) is 10.2 Å². The molecule has 0 unspecified atom stereocenters. The number of rotatable bonds is 12. The molecule has 0 spiro atoms. The Hall–Kier alpha value is -5.19. The molecule has 0 radical (unpaired) electrons. The molecule has 0 aliphatic carbocycles. The smallest absolute Gasteiger partial charge is 0.344 e. The minimum atomic E-state index is -1.14. The third-order valence-corrected chi connectivity index (χ3v) is 6.14. The first-order valence-electron chi connectivity index (χ1n) is 12.7. The molecular formula is C30H31N3O8. The first-order chi connectivity index (χ1) is 19.7. The number of hydrogen-bond acceptors (Lipinski definition) is 8. The number of carbonyl (C=O) groups is 2. The molecule has 0 saturated heterocycles. The molecule has 2 aromatic heterocycles. The van der Waals surface area contributed by atoms with Crippen LogP contribution in [0.15, 0.2) is 70.2 Å². The molecule has 11 heteroatoms. The molecule has 1 amide bonds. The van der Waals surface area contributed by atoms with Crippen molar-refractivity contribution in [3.8, 4) is 28.7 Å². The van der Waals surface area contributed by atoms with Crippen LogP contribution in [0, 0.1) is 13.8 Å². The zero-order valence-electron chi connectivity index (χ0n) is 23.3. The van der Waals surface area contributed by atoms with E-state index in [4.69, 9.17) is 28.5 Å². The molecule has 0 saturated carbocycles. The number of nitrogens with zero attached hydrogens (tertiary/aromatic N) is 2. The van der Waals surface area contributed by atoms with Gasteiger partial charge in [0.2, 0.25) is 5.75 Å². The van der Waals surface area contributed by atoms with Gasteiger partial charge in [0.05, 0.1) is 20.4 Å². The summed E-state index contributed by atoms with van der Waals surface area (Å²) in [4.78, 5) is 23.7. The fourth-order valence-corrected chi connectivity index (χ4v) is 4.04. The molecule has 0 bridgehead atoms. The molecule has 4 aromatic rings. The summed E-state index contributed by atoms with van der Waals surface area (Å²) in [7, 11) is 2.82. The number of aryl methyl sites for hydroxylation is 2. The quantitative estimate of drug-likeness (QED) is 0.184. The Balaban J connectivity index is 1.34. The first kappa shape index (κ1) is 28.8. The van der Waals surface area contributed by atoms with Crippen molar-refractivity contribution in [2.75, 3.05) is 14.2 Å². The molecule has 0 aliphatic heterocycles. The zero-order chi connectivity index (χ0) is 29.5. The van der Waals surface area contributed by atoms with E-state index < -0.39 is 18.0 Å². The summed E-state index contributed by atoms with van der Waals surface area (Å²) in [6.07, 6.45) is 0.255. The number of methoxy groups -OCH3 is 2. The average molecular weight is 562 g/mol. The lowest BCUT2D eigenvalue weighted by atomic mass is 10.2. The van der Waals surface area contributed by atoms with Crippen molar-refractivity contribution in [1.82, 2.24) is 9.99 Å². The van der Waals surface area contributed by atoms with E-state index in [-0.39, 0.29) is 29.6 Å². The highest BCUT2D eigenvalue weighted by atomic mass is 16.6. The fourth-order valence-electron chi connectivity index (χ4n) is 4.04. The Bertz CT molecular complexity index is 1510. The van der Waals surface area contributed by atoms with Gasteiger partial charge in [-0.2, -0.15) is 5.10 Å². The fraction of sp³-hybridized carbons (Fsp3) is 0.233. The molecule has 11 nitrogen and oxygen atoms in total. The van der Waals surface area contributed by atoms with E-state index in [1.54, 1.807) is 18.2 Å². The lowest BCUT2D eigenvalue weighted by molar-refractivity contribution is -0.144. The Morgan fingerprint density at radius 1 is 1.00 bits per heavy atom. The third-order valence-electron chi connectivity index (χ3n) is 6.14. The second kappa shape index (κ2) is 12.8. The van der Waals surface area contributed by atoms with Crippen LogP contribution in [0.4, 0.5) is 0 Å². The van der Waals surface area contributed by atoms with Gasteiger partial charge in [0.15, 0.2) is 23.4 Å². The predicted molar refractivity (Wildman–Crippen MR) is 151 cm³/mol. The van der Waals surface area contributed by atoms with Crippen LogP contribution in [-0.2, 0) is 11.4 Å². The van der Waals surface area contributed by atoms with Gasteiger partial charge in [0.1, 0.15) is 18.1 Å². The van der Waals surface area contributed by atoms with Crippen LogP contribution in [0.1, 0.15) is 40.2 Å². The molecule has 41 heavy (non-hydrogen) atoms. The molecule has 214 valence electrons. The summed E-state index contributed by atoms with van der Waals surface area (Å²) in [6.45, 7) is 5.65. The highest BCUT2D eigenvalue weighted by Crippen LogP contribution is 2.39. The van der Waals surface area contributed by atoms with Gasteiger partial charge in [0.25, 0.3) is 0 Å². The number of nitrogens with one attached hydrogen (secondary N) is 1. The third kappa shape index (κ3) is 6.88. The summed E-state index contributed by atoms with van der Waals surface area (Å²) >= 11 is 0. The van der Waals surface area contributed by atoms with Crippen LogP contribution >= 0.6 is 0 Å². The Kier molecular flexibility index (Phi) is 8.98. The van der Waals surface area contributed by atoms with Crippen molar-refractivity contribution in [1.29, 1.82) is 0 Å². The summed E-state index contributed by atoms with van der Waals surface area (Å²) in [5, 5.41) is 13.1. The van der Waals surface area contributed by atoms with Gasteiger partial charge in [-0.15, -0.1) is 0 Å². The Labute approximate surface area is 236 Å². The minimum Gasteiger partial charge on any atom is -0.493 e. The molecule has 2 N–H and O–H groups in total. The topological polar surface area (TPSA) is 134 Å². The largest absolute Gasteiger partial charge is 0.493 e. The van der Waals surface area contributed by atoms with Crippen LogP contribution in [0.3, 0.4) is 0 Å². The number of furan rings is 1. The number of ether oxygens (including phenoxy) is 4. The van der Waals surface area contributed by atoms with Crippen molar-refractivity contribution >= 4 is 18.1 Å². The number of carbonyl (C=O) groups excluding carboxylic acids is 1.